The first-order valence-corrected chi connectivity index (χ1v) is 5.63. The minimum absolute atomic E-state index is 0.0720. The van der Waals surface area contributed by atoms with Gasteiger partial charge in [0, 0.05) is 9.80 Å². The van der Waals surface area contributed by atoms with E-state index in [1.165, 1.54) is 13.2 Å². The first-order chi connectivity index (χ1) is 6.60. The monoisotopic (exact) mass is 324 g/mol. The van der Waals surface area contributed by atoms with E-state index in [0.29, 0.717) is 9.80 Å². The molecule has 0 atom stereocenters. The van der Waals surface area contributed by atoms with Crippen LogP contribution in [-0.2, 0) is 10.1 Å². The van der Waals surface area contributed by atoms with Crippen molar-refractivity contribution in [3.63, 3.8) is 0 Å². The van der Waals surface area contributed by atoms with Crippen molar-refractivity contribution in [2.24, 2.45) is 0 Å². The molecule has 1 aromatic rings. The lowest BCUT2D eigenvalue weighted by Gasteiger charge is -2.05. The van der Waals surface area contributed by atoms with E-state index in [2.05, 4.69) is 36.6 Å². The van der Waals surface area contributed by atoms with E-state index in [1.807, 2.05) is 0 Å². The van der Waals surface area contributed by atoms with Crippen LogP contribution in [0.4, 0.5) is 4.39 Å². The van der Waals surface area contributed by atoms with Gasteiger partial charge in [0.25, 0.3) is 0 Å². The zero-order valence-corrected chi connectivity index (χ0v) is 10.5. The second-order valence-corrected chi connectivity index (χ2v) is 3.97. The zero-order valence-electron chi connectivity index (χ0n) is 7.31. The molecular weight excluding hydrogens is 319 g/mol. The van der Waals surface area contributed by atoms with E-state index >= 15 is 0 Å². The number of ether oxygens (including phenoxy) is 1. The fourth-order valence-corrected chi connectivity index (χ4v) is 1.97. The van der Waals surface area contributed by atoms with E-state index in [0.717, 1.165) is 5.56 Å². The van der Waals surface area contributed by atoms with Gasteiger partial charge in [-0.25, -0.2) is 9.18 Å². The molecule has 0 aromatic heterocycles. The number of hydrogen-bond donors (Lipinski definition) is 0. The lowest BCUT2D eigenvalue weighted by molar-refractivity contribution is 0.0594. The molecular formula is C9H7Br2FO2. The summed E-state index contributed by atoms with van der Waals surface area (Å²) < 4.78 is 18.2. The van der Waals surface area contributed by atoms with E-state index in [9.17, 15) is 9.18 Å². The molecule has 2 nitrogen and oxygen atoms in total. The van der Waals surface area contributed by atoms with Crippen molar-refractivity contribution in [1.29, 1.82) is 0 Å². The number of esters is 1. The van der Waals surface area contributed by atoms with Gasteiger partial charge in [0.15, 0.2) is 0 Å². The molecule has 0 aliphatic heterocycles. The molecule has 0 aliphatic rings. The van der Waals surface area contributed by atoms with Crippen LogP contribution in [0.5, 0.6) is 0 Å². The topological polar surface area (TPSA) is 26.3 Å². The van der Waals surface area contributed by atoms with Crippen molar-refractivity contribution >= 4 is 37.8 Å². The summed E-state index contributed by atoms with van der Waals surface area (Å²) in [6.45, 7) is 0. The van der Waals surface area contributed by atoms with Crippen molar-refractivity contribution in [3.05, 3.63) is 33.5 Å². The third kappa shape index (κ3) is 2.33. The van der Waals surface area contributed by atoms with Crippen LogP contribution in [0.15, 0.2) is 16.6 Å². The highest BCUT2D eigenvalue weighted by Crippen LogP contribution is 2.24. The number of methoxy groups -OCH3 is 1. The normalized spacial score (nSPS) is 10.0. The van der Waals surface area contributed by atoms with Crippen LogP contribution in [-0.4, -0.2) is 13.1 Å². The van der Waals surface area contributed by atoms with Crippen LogP contribution in [0.2, 0.25) is 0 Å². The molecule has 0 saturated heterocycles. The highest BCUT2D eigenvalue weighted by molar-refractivity contribution is 9.10. The smallest absolute Gasteiger partial charge is 0.342 e. The number of hydrogen-bond acceptors (Lipinski definition) is 2. The first-order valence-electron chi connectivity index (χ1n) is 3.72. The van der Waals surface area contributed by atoms with Crippen molar-refractivity contribution in [2.45, 2.75) is 5.33 Å². The third-order valence-corrected chi connectivity index (χ3v) is 2.92. The van der Waals surface area contributed by atoms with Gasteiger partial charge in [-0.1, -0.05) is 15.9 Å². The molecule has 5 heteroatoms. The Morgan fingerprint density at radius 2 is 2.21 bits per heavy atom. The van der Waals surface area contributed by atoms with Gasteiger partial charge in [0.05, 0.1) is 7.11 Å². The molecule has 0 bridgehead atoms. The highest BCUT2D eigenvalue weighted by Gasteiger charge is 2.16. The quantitative estimate of drug-likeness (QED) is 0.616. The Kier molecular flexibility index (Phi) is 4.07. The van der Waals surface area contributed by atoms with Gasteiger partial charge in [0.1, 0.15) is 11.4 Å². The summed E-state index contributed by atoms with van der Waals surface area (Å²) in [6, 6.07) is 2.97. The van der Waals surface area contributed by atoms with Gasteiger partial charge in [0.2, 0.25) is 0 Å². The van der Waals surface area contributed by atoms with Gasteiger partial charge < -0.3 is 4.74 Å². The summed E-state index contributed by atoms with van der Waals surface area (Å²) in [5.74, 6) is -1.27. The summed E-state index contributed by atoms with van der Waals surface area (Å²) in [7, 11) is 1.21. The number of alkyl halides is 1. The van der Waals surface area contributed by atoms with Gasteiger partial charge >= 0.3 is 5.97 Å². The Hall–Kier alpha value is -0.420. The second-order valence-electron chi connectivity index (χ2n) is 2.56. The number of benzene rings is 1. The Bertz CT molecular complexity index is 343. The molecule has 1 rings (SSSR count). The number of rotatable bonds is 2. The molecule has 1 aromatic carbocycles. The summed E-state index contributed by atoms with van der Waals surface area (Å²) >= 11 is 6.32. The van der Waals surface area contributed by atoms with E-state index in [4.69, 9.17) is 0 Å². The average Bonchev–Trinajstić information content (AvgIpc) is 2.16. The lowest BCUT2D eigenvalue weighted by atomic mass is 10.1. The zero-order chi connectivity index (χ0) is 10.7. The minimum Gasteiger partial charge on any atom is -0.465 e. The van der Waals surface area contributed by atoms with Crippen LogP contribution < -0.4 is 0 Å². The largest absolute Gasteiger partial charge is 0.465 e. The predicted octanol–water partition coefficient (Wildman–Crippen LogP) is 3.27. The van der Waals surface area contributed by atoms with Gasteiger partial charge in [-0.3, -0.25) is 0 Å². The molecule has 14 heavy (non-hydrogen) atoms. The van der Waals surface area contributed by atoms with Gasteiger partial charge in [-0.15, -0.1) is 0 Å². The summed E-state index contributed by atoms with van der Waals surface area (Å²) in [5.41, 5.74) is 0.680. The summed E-state index contributed by atoms with van der Waals surface area (Å²) in [5, 5.41) is 0.532. The number of carbonyl (C=O) groups is 1. The van der Waals surface area contributed by atoms with Crippen molar-refractivity contribution < 1.29 is 13.9 Å². The number of carbonyl (C=O) groups excluding carboxylic acids is 1. The van der Waals surface area contributed by atoms with Crippen LogP contribution in [0.25, 0.3) is 0 Å². The van der Waals surface area contributed by atoms with Crippen LogP contribution in [0.3, 0.4) is 0 Å². The van der Waals surface area contributed by atoms with E-state index < -0.39 is 11.8 Å². The van der Waals surface area contributed by atoms with E-state index in [-0.39, 0.29) is 5.56 Å². The highest BCUT2D eigenvalue weighted by atomic mass is 79.9. The standard InChI is InChI=1S/C9H7Br2FO2/c1-14-9(13)8-6(11)2-5(4-10)3-7(8)12/h2-3H,4H2,1H3. The molecule has 76 valence electrons. The third-order valence-electron chi connectivity index (χ3n) is 1.65. The molecule has 0 heterocycles. The SMILES string of the molecule is COC(=O)c1c(F)cc(CBr)cc1Br. The molecule has 0 N–H and O–H groups in total. The van der Waals surface area contributed by atoms with Crippen LogP contribution >= 0.6 is 31.9 Å². The molecule has 0 aliphatic carbocycles. The van der Waals surface area contributed by atoms with Crippen molar-refractivity contribution in [3.8, 4) is 0 Å². The second kappa shape index (κ2) is 4.89. The molecule has 0 unspecified atom stereocenters. The fraction of sp³-hybridized carbons (Fsp3) is 0.222. The molecule has 0 spiro atoms. The number of halogens is 3. The summed E-state index contributed by atoms with van der Waals surface area (Å²) in [6.07, 6.45) is 0. The van der Waals surface area contributed by atoms with Gasteiger partial charge in [-0.2, -0.15) is 0 Å². The molecule has 0 fully saturated rings. The van der Waals surface area contributed by atoms with Crippen LogP contribution in [0.1, 0.15) is 15.9 Å². The first kappa shape index (κ1) is 11.7. The Morgan fingerprint density at radius 3 is 2.64 bits per heavy atom. The summed E-state index contributed by atoms with van der Waals surface area (Å²) in [4.78, 5) is 11.2. The average molecular weight is 326 g/mol. The fourth-order valence-electron chi connectivity index (χ4n) is 1.000. The minimum atomic E-state index is -0.685. The maximum absolute atomic E-state index is 13.4. The van der Waals surface area contributed by atoms with Crippen LogP contribution in [0, 0.1) is 5.82 Å². The Labute approximate surface area is 97.7 Å². The van der Waals surface area contributed by atoms with E-state index in [1.54, 1.807) is 6.07 Å². The lowest BCUT2D eigenvalue weighted by Crippen LogP contribution is -2.06. The molecule has 0 radical (unpaired) electrons. The van der Waals surface area contributed by atoms with Crippen molar-refractivity contribution in [2.75, 3.05) is 7.11 Å². The molecule has 0 saturated carbocycles. The van der Waals surface area contributed by atoms with Crippen molar-refractivity contribution in [1.82, 2.24) is 0 Å². The van der Waals surface area contributed by atoms with Gasteiger partial charge in [-0.05, 0) is 33.6 Å². The maximum atomic E-state index is 13.4. The molecule has 0 amide bonds. The Morgan fingerprint density at radius 1 is 1.57 bits per heavy atom. The Balaban J connectivity index is 3.25. The predicted molar refractivity (Wildman–Crippen MR) is 58.1 cm³/mol. The maximum Gasteiger partial charge on any atom is 0.342 e.